The first-order valence-corrected chi connectivity index (χ1v) is 15.2. The molecule has 190 valence electrons. The molecule has 0 bridgehead atoms. The summed E-state index contributed by atoms with van der Waals surface area (Å²) in [5.41, 5.74) is 2.16. The molecular formula is C28H47N3O2Si. The van der Waals surface area contributed by atoms with E-state index in [9.17, 15) is 0 Å². The van der Waals surface area contributed by atoms with Crippen molar-refractivity contribution in [3.63, 3.8) is 0 Å². The molecule has 2 rings (SSSR count). The quantitative estimate of drug-likeness (QED) is 0.152. The minimum absolute atomic E-state index is 0.468. The largest absolute Gasteiger partial charge is 0.536 e. The van der Waals surface area contributed by atoms with Crippen molar-refractivity contribution in [2.24, 2.45) is 5.41 Å². The molecule has 0 amide bonds. The van der Waals surface area contributed by atoms with Gasteiger partial charge in [0.2, 0.25) is 21.5 Å². The molecule has 0 N–H and O–H groups in total. The molecule has 0 aliphatic heterocycles. The Labute approximate surface area is 210 Å². The van der Waals surface area contributed by atoms with E-state index in [1.54, 1.807) is 18.6 Å². The number of hydrogen-bond donors (Lipinski definition) is 0. The highest BCUT2D eigenvalue weighted by molar-refractivity contribution is 6.28. The number of ether oxygens (including phenoxy) is 1. The molecule has 0 spiro atoms. The summed E-state index contributed by atoms with van der Waals surface area (Å²) in [4.78, 5) is 13.5. The van der Waals surface area contributed by atoms with Gasteiger partial charge < -0.3 is 9.16 Å². The van der Waals surface area contributed by atoms with Gasteiger partial charge in [0.05, 0.1) is 30.3 Å². The normalized spacial score (nSPS) is 11.9. The smallest absolute Gasteiger partial charge is 0.232 e. The molecule has 0 aromatic carbocycles. The lowest BCUT2D eigenvalue weighted by Gasteiger charge is -2.24. The van der Waals surface area contributed by atoms with E-state index >= 15 is 0 Å². The van der Waals surface area contributed by atoms with Crippen LogP contribution in [0.4, 0.5) is 0 Å². The van der Waals surface area contributed by atoms with Crippen molar-refractivity contribution in [2.75, 3.05) is 6.61 Å². The maximum atomic E-state index is 6.17. The van der Waals surface area contributed by atoms with Gasteiger partial charge in [-0.3, -0.25) is 0 Å². The van der Waals surface area contributed by atoms with Gasteiger partial charge in [-0.15, -0.1) is 0 Å². The summed E-state index contributed by atoms with van der Waals surface area (Å²) in [6.45, 7) is 10.0. The molecule has 0 atom stereocenters. The first kappa shape index (κ1) is 28.3. The van der Waals surface area contributed by atoms with E-state index in [1.165, 1.54) is 76.7 Å². The van der Waals surface area contributed by atoms with Crippen LogP contribution in [0.5, 0.6) is 11.8 Å². The van der Waals surface area contributed by atoms with Gasteiger partial charge in [-0.25, -0.2) is 15.0 Å². The third-order valence-electron chi connectivity index (χ3n) is 6.37. The van der Waals surface area contributed by atoms with Crippen LogP contribution in [0, 0.1) is 5.41 Å². The van der Waals surface area contributed by atoms with Crippen LogP contribution in [-0.4, -0.2) is 31.3 Å². The Bertz CT molecular complexity index is 783. The molecule has 0 aliphatic carbocycles. The highest BCUT2D eigenvalue weighted by Crippen LogP contribution is 2.30. The molecule has 5 nitrogen and oxygen atoms in total. The van der Waals surface area contributed by atoms with E-state index in [1.807, 2.05) is 12.1 Å². The van der Waals surface area contributed by atoms with Crippen molar-refractivity contribution in [3.8, 4) is 23.0 Å². The molecule has 0 saturated carbocycles. The Morgan fingerprint density at radius 1 is 0.824 bits per heavy atom. The number of aromatic nitrogens is 3. The van der Waals surface area contributed by atoms with Crippen molar-refractivity contribution in [3.05, 3.63) is 30.7 Å². The van der Waals surface area contributed by atoms with Crippen LogP contribution in [0.25, 0.3) is 11.3 Å². The zero-order chi connectivity index (χ0) is 24.5. The van der Waals surface area contributed by atoms with E-state index < -0.39 is 9.76 Å². The summed E-state index contributed by atoms with van der Waals surface area (Å²) in [5.74, 6) is 1.27. The molecule has 2 aromatic heterocycles. The monoisotopic (exact) mass is 485 g/mol. The van der Waals surface area contributed by atoms with Crippen molar-refractivity contribution in [1.29, 1.82) is 0 Å². The van der Waals surface area contributed by atoms with Gasteiger partial charge in [-0.2, -0.15) is 0 Å². The lowest BCUT2D eigenvalue weighted by Crippen LogP contribution is -2.11. The lowest BCUT2D eigenvalue weighted by molar-refractivity contribution is 0.288. The maximum absolute atomic E-state index is 6.17. The third kappa shape index (κ3) is 11.5. The Morgan fingerprint density at radius 3 is 2.35 bits per heavy atom. The zero-order valence-electron chi connectivity index (χ0n) is 22.2. The van der Waals surface area contributed by atoms with Gasteiger partial charge >= 0.3 is 0 Å². The summed E-state index contributed by atoms with van der Waals surface area (Å²) in [7, 11) is -0.659. The first-order chi connectivity index (χ1) is 16.6. The van der Waals surface area contributed by atoms with Crippen LogP contribution in [0.2, 0.25) is 6.04 Å². The van der Waals surface area contributed by atoms with Crippen molar-refractivity contribution in [2.45, 2.75) is 111 Å². The number of nitrogens with zero attached hydrogens (tertiary/aromatic N) is 3. The van der Waals surface area contributed by atoms with Gasteiger partial charge in [0.25, 0.3) is 0 Å². The summed E-state index contributed by atoms with van der Waals surface area (Å²) >= 11 is 0. The van der Waals surface area contributed by atoms with Crippen molar-refractivity contribution < 1.29 is 9.16 Å². The second-order valence-corrected chi connectivity index (χ2v) is 11.5. The standard InChI is InChI=1S/C28H47N3O2Si/c1-5-7-9-10-11-13-20-32-26-23-30-25(22-31-26)24-16-15-19-29-27(24)33-34-21-14-12-18-28(3,4)17-8-6-2/h15-16,19,22-23H,5-14,17-18,20-21,34H2,1-4H3. The van der Waals surface area contributed by atoms with Gasteiger partial charge in [0.15, 0.2) is 0 Å². The SMILES string of the molecule is CCCCCCCCOc1cnc(-c2cccnc2O[SiH2]CCCCC(C)(C)CCCC)cn1. The van der Waals surface area contributed by atoms with Crippen LogP contribution in [0.3, 0.4) is 0 Å². The molecule has 0 unspecified atom stereocenters. The van der Waals surface area contributed by atoms with Crippen LogP contribution in [0.1, 0.15) is 105 Å². The topological polar surface area (TPSA) is 57.1 Å². The Kier molecular flexibility index (Phi) is 13.8. The van der Waals surface area contributed by atoms with Crippen molar-refractivity contribution in [1.82, 2.24) is 15.0 Å². The maximum Gasteiger partial charge on any atom is 0.232 e. The Hall–Kier alpha value is -1.95. The van der Waals surface area contributed by atoms with Crippen LogP contribution < -0.4 is 9.16 Å². The third-order valence-corrected chi connectivity index (χ3v) is 7.63. The van der Waals surface area contributed by atoms with Gasteiger partial charge in [-0.05, 0) is 42.9 Å². The predicted octanol–water partition coefficient (Wildman–Crippen LogP) is 7.55. The van der Waals surface area contributed by atoms with Gasteiger partial charge in [-0.1, -0.05) is 85.5 Å². The zero-order valence-corrected chi connectivity index (χ0v) is 23.6. The molecule has 6 heteroatoms. The number of unbranched alkanes of at least 4 members (excludes halogenated alkanes) is 7. The molecular weight excluding hydrogens is 438 g/mol. The molecule has 0 radical (unpaired) electrons. The molecule has 2 aromatic rings. The van der Waals surface area contributed by atoms with E-state index in [0.717, 1.165) is 17.7 Å². The fraction of sp³-hybridized carbons (Fsp3) is 0.679. The van der Waals surface area contributed by atoms with E-state index in [-0.39, 0.29) is 0 Å². The summed E-state index contributed by atoms with van der Waals surface area (Å²) in [5, 5.41) is 0. The lowest BCUT2D eigenvalue weighted by atomic mass is 9.82. The van der Waals surface area contributed by atoms with Crippen LogP contribution >= 0.6 is 0 Å². The fourth-order valence-electron chi connectivity index (χ4n) is 4.12. The number of rotatable bonds is 19. The second kappa shape index (κ2) is 16.6. The summed E-state index contributed by atoms with van der Waals surface area (Å²) < 4.78 is 11.9. The Balaban J connectivity index is 1.73. The first-order valence-electron chi connectivity index (χ1n) is 13.6. The van der Waals surface area contributed by atoms with Gasteiger partial charge in [0.1, 0.15) is 0 Å². The van der Waals surface area contributed by atoms with Crippen LogP contribution in [0.15, 0.2) is 30.7 Å². The van der Waals surface area contributed by atoms with Gasteiger partial charge in [0, 0.05) is 6.20 Å². The minimum atomic E-state index is -0.659. The second-order valence-electron chi connectivity index (χ2n) is 10.1. The average Bonchev–Trinajstić information content (AvgIpc) is 2.85. The average molecular weight is 486 g/mol. The minimum Gasteiger partial charge on any atom is -0.536 e. The molecule has 2 heterocycles. The summed E-state index contributed by atoms with van der Waals surface area (Å²) in [6, 6.07) is 5.11. The molecule has 0 aliphatic rings. The van der Waals surface area contributed by atoms with E-state index in [2.05, 4.69) is 42.6 Å². The fourth-order valence-corrected chi connectivity index (χ4v) is 5.25. The van der Waals surface area contributed by atoms with Crippen molar-refractivity contribution >= 4 is 9.76 Å². The van der Waals surface area contributed by atoms with Crippen LogP contribution in [-0.2, 0) is 0 Å². The summed E-state index contributed by atoms with van der Waals surface area (Å²) in [6.07, 6.45) is 20.5. The predicted molar refractivity (Wildman–Crippen MR) is 145 cm³/mol. The Morgan fingerprint density at radius 2 is 1.59 bits per heavy atom. The highest BCUT2D eigenvalue weighted by atomic mass is 28.2. The molecule has 34 heavy (non-hydrogen) atoms. The van der Waals surface area contributed by atoms with E-state index in [4.69, 9.17) is 9.16 Å². The molecule has 0 fully saturated rings. The molecule has 0 saturated heterocycles. The van der Waals surface area contributed by atoms with E-state index in [0.29, 0.717) is 23.8 Å². The highest BCUT2D eigenvalue weighted by Gasteiger charge is 2.16. The number of pyridine rings is 1. The number of hydrogen-bond acceptors (Lipinski definition) is 5.